The molecule has 0 unspecified atom stereocenters. The lowest BCUT2D eigenvalue weighted by atomic mass is 10.1. The highest BCUT2D eigenvalue weighted by Crippen LogP contribution is 2.33. The molecule has 4 rings (SSSR count). The average Bonchev–Trinajstić information content (AvgIpc) is 3.37. The van der Waals surface area contributed by atoms with Crippen molar-refractivity contribution in [2.45, 2.75) is 11.1 Å². The van der Waals surface area contributed by atoms with Crippen LogP contribution in [-0.2, 0) is 16.0 Å². The van der Waals surface area contributed by atoms with E-state index >= 15 is 0 Å². The molecule has 0 aliphatic heterocycles. The van der Waals surface area contributed by atoms with E-state index in [1.807, 2.05) is 0 Å². The standard InChI is InChI=1S/C20H15F3N4O2S/c1-30(28,29)17-8-6-16(7-9-17)27-18(12-19(25-27)20(21,22)23)14-2-4-15(5-3-14)26-11-10-24-13-26/h2-13H,1H3. The molecule has 2 heterocycles. The first-order valence-electron chi connectivity index (χ1n) is 8.69. The maximum atomic E-state index is 13.3. The second-order valence-corrected chi connectivity index (χ2v) is 8.62. The van der Waals surface area contributed by atoms with E-state index in [9.17, 15) is 21.6 Å². The minimum absolute atomic E-state index is 0.0701. The van der Waals surface area contributed by atoms with Crippen molar-refractivity contribution in [2.75, 3.05) is 6.26 Å². The number of aromatic nitrogens is 4. The lowest BCUT2D eigenvalue weighted by molar-refractivity contribution is -0.141. The second kappa shape index (κ2) is 7.13. The molecular weight excluding hydrogens is 417 g/mol. The van der Waals surface area contributed by atoms with Gasteiger partial charge in [0.15, 0.2) is 15.5 Å². The van der Waals surface area contributed by atoms with Crippen LogP contribution in [-0.4, -0.2) is 34.0 Å². The van der Waals surface area contributed by atoms with Crippen molar-refractivity contribution >= 4 is 9.84 Å². The smallest absolute Gasteiger partial charge is 0.306 e. The SMILES string of the molecule is CS(=O)(=O)c1ccc(-n2nc(C(F)(F)F)cc2-c2ccc(-n3ccnc3)cc2)cc1. The minimum Gasteiger partial charge on any atom is -0.306 e. The predicted molar refractivity (Wildman–Crippen MR) is 104 cm³/mol. The fourth-order valence-electron chi connectivity index (χ4n) is 2.97. The fourth-order valence-corrected chi connectivity index (χ4v) is 3.60. The highest BCUT2D eigenvalue weighted by atomic mass is 32.2. The summed E-state index contributed by atoms with van der Waals surface area (Å²) in [7, 11) is -3.43. The number of nitrogens with zero attached hydrogens (tertiary/aromatic N) is 4. The van der Waals surface area contributed by atoms with Gasteiger partial charge in [-0.3, -0.25) is 0 Å². The predicted octanol–water partition coefficient (Wildman–Crippen LogP) is 4.15. The maximum Gasteiger partial charge on any atom is 0.435 e. The molecule has 0 amide bonds. The van der Waals surface area contributed by atoms with E-state index < -0.39 is 21.7 Å². The first kappa shape index (κ1) is 19.9. The third kappa shape index (κ3) is 3.86. The molecular formula is C20H15F3N4O2S. The first-order chi connectivity index (χ1) is 14.1. The molecule has 0 aliphatic carbocycles. The Morgan fingerprint density at radius 3 is 2.10 bits per heavy atom. The van der Waals surface area contributed by atoms with Crippen molar-refractivity contribution < 1.29 is 21.6 Å². The van der Waals surface area contributed by atoms with Crippen molar-refractivity contribution in [3.8, 4) is 22.6 Å². The average molecular weight is 432 g/mol. The highest BCUT2D eigenvalue weighted by Gasteiger charge is 2.35. The zero-order chi connectivity index (χ0) is 21.5. The van der Waals surface area contributed by atoms with Crippen molar-refractivity contribution in [3.63, 3.8) is 0 Å². The third-order valence-electron chi connectivity index (χ3n) is 4.47. The van der Waals surface area contributed by atoms with Crippen LogP contribution in [0.5, 0.6) is 0 Å². The number of halogens is 3. The fraction of sp³-hybridized carbons (Fsp3) is 0.100. The van der Waals surface area contributed by atoms with Gasteiger partial charge in [0.05, 0.1) is 22.6 Å². The van der Waals surface area contributed by atoms with Gasteiger partial charge in [-0.25, -0.2) is 18.1 Å². The topological polar surface area (TPSA) is 69.8 Å². The normalized spacial score (nSPS) is 12.3. The quantitative estimate of drug-likeness (QED) is 0.486. The number of rotatable bonds is 4. The van der Waals surface area contributed by atoms with Gasteiger partial charge in [0, 0.05) is 29.9 Å². The van der Waals surface area contributed by atoms with Gasteiger partial charge < -0.3 is 4.57 Å². The molecule has 0 aliphatic rings. The molecule has 10 heteroatoms. The van der Waals surface area contributed by atoms with Gasteiger partial charge in [-0.2, -0.15) is 18.3 Å². The van der Waals surface area contributed by atoms with Crippen LogP contribution in [0.25, 0.3) is 22.6 Å². The van der Waals surface area contributed by atoms with Crippen LogP contribution in [0.15, 0.2) is 78.2 Å². The lowest BCUT2D eigenvalue weighted by Gasteiger charge is -2.09. The molecule has 0 N–H and O–H groups in total. The molecule has 4 aromatic rings. The van der Waals surface area contributed by atoms with Crippen LogP contribution in [0.3, 0.4) is 0 Å². The first-order valence-corrected chi connectivity index (χ1v) is 10.6. The Morgan fingerprint density at radius 1 is 0.933 bits per heavy atom. The molecule has 6 nitrogen and oxygen atoms in total. The van der Waals surface area contributed by atoms with Crippen LogP contribution in [0.2, 0.25) is 0 Å². The van der Waals surface area contributed by atoms with Crippen LogP contribution in [0.1, 0.15) is 5.69 Å². The summed E-state index contributed by atoms with van der Waals surface area (Å²) in [6, 6.07) is 13.4. The van der Waals surface area contributed by atoms with E-state index in [1.54, 1.807) is 47.6 Å². The summed E-state index contributed by atoms with van der Waals surface area (Å²) >= 11 is 0. The van der Waals surface area contributed by atoms with Crippen LogP contribution in [0.4, 0.5) is 13.2 Å². The number of alkyl halides is 3. The lowest BCUT2D eigenvalue weighted by Crippen LogP contribution is -2.07. The van der Waals surface area contributed by atoms with E-state index in [1.165, 1.54) is 24.3 Å². The Kier molecular flexibility index (Phi) is 4.73. The molecule has 0 saturated carbocycles. The summed E-state index contributed by atoms with van der Waals surface area (Å²) in [6.07, 6.45) is 1.43. The number of hydrogen-bond acceptors (Lipinski definition) is 4. The Labute approximate surface area is 170 Å². The molecule has 0 bridgehead atoms. The van der Waals surface area contributed by atoms with Crippen molar-refractivity contribution in [3.05, 3.63) is 79.0 Å². The molecule has 154 valence electrons. The zero-order valence-corrected chi connectivity index (χ0v) is 16.4. The van der Waals surface area contributed by atoms with Gasteiger partial charge in [0.25, 0.3) is 0 Å². The summed E-state index contributed by atoms with van der Waals surface area (Å²) in [5, 5.41) is 3.72. The molecule has 2 aromatic carbocycles. The van der Waals surface area contributed by atoms with Crippen LogP contribution >= 0.6 is 0 Å². The molecule has 0 fully saturated rings. The number of imidazole rings is 1. The van der Waals surface area contributed by atoms with Gasteiger partial charge in [0.2, 0.25) is 0 Å². The Bertz CT molecular complexity index is 1280. The molecule has 0 saturated heterocycles. The van der Waals surface area contributed by atoms with Gasteiger partial charge in [0.1, 0.15) is 0 Å². The monoisotopic (exact) mass is 432 g/mol. The summed E-state index contributed by atoms with van der Waals surface area (Å²) in [5.74, 6) is 0. The Hall–Kier alpha value is -3.40. The van der Waals surface area contributed by atoms with E-state index in [0.717, 1.165) is 22.7 Å². The number of benzene rings is 2. The van der Waals surface area contributed by atoms with Crippen LogP contribution in [0, 0.1) is 0 Å². The minimum atomic E-state index is -4.62. The summed E-state index contributed by atoms with van der Waals surface area (Å²) in [6.45, 7) is 0. The van der Waals surface area contributed by atoms with Crippen molar-refractivity contribution in [1.82, 2.24) is 19.3 Å². The Balaban J connectivity index is 1.80. The van der Waals surface area contributed by atoms with Gasteiger partial charge in [-0.05, 0) is 42.5 Å². The van der Waals surface area contributed by atoms with E-state index in [0.29, 0.717) is 11.3 Å². The van der Waals surface area contributed by atoms with Crippen LogP contribution < -0.4 is 0 Å². The second-order valence-electron chi connectivity index (χ2n) is 6.61. The van der Waals surface area contributed by atoms with E-state index in [-0.39, 0.29) is 10.6 Å². The maximum absolute atomic E-state index is 13.3. The molecule has 0 radical (unpaired) electrons. The molecule has 0 spiro atoms. The third-order valence-corrected chi connectivity index (χ3v) is 5.60. The van der Waals surface area contributed by atoms with Crippen molar-refractivity contribution in [2.24, 2.45) is 0 Å². The van der Waals surface area contributed by atoms with E-state index in [2.05, 4.69) is 10.1 Å². The number of sulfone groups is 1. The zero-order valence-electron chi connectivity index (χ0n) is 15.6. The van der Waals surface area contributed by atoms with Gasteiger partial charge in [-0.15, -0.1) is 0 Å². The van der Waals surface area contributed by atoms with Gasteiger partial charge in [-0.1, -0.05) is 12.1 Å². The Morgan fingerprint density at radius 2 is 1.57 bits per heavy atom. The summed E-state index contributed by atoms with van der Waals surface area (Å²) in [4.78, 5) is 4.04. The molecule has 0 atom stereocenters. The largest absolute Gasteiger partial charge is 0.435 e. The molecule has 2 aromatic heterocycles. The van der Waals surface area contributed by atoms with E-state index in [4.69, 9.17) is 0 Å². The van der Waals surface area contributed by atoms with Crippen molar-refractivity contribution in [1.29, 1.82) is 0 Å². The molecule has 30 heavy (non-hydrogen) atoms. The summed E-state index contributed by atoms with van der Waals surface area (Å²) in [5.41, 5.74) is 0.825. The van der Waals surface area contributed by atoms with Gasteiger partial charge >= 0.3 is 6.18 Å². The number of hydrogen-bond donors (Lipinski definition) is 0. The highest BCUT2D eigenvalue weighted by molar-refractivity contribution is 7.90. The summed E-state index contributed by atoms with van der Waals surface area (Å²) < 4.78 is 66.2.